The van der Waals surface area contributed by atoms with Gasteiger partial charge in [0.1, 0.15) is 6.54 Å². The molecule has 0 aliphatic carbocycles. The SMILES string of the molecule is Cc1ccc(C2=NN(CC(=O)O)C(=O)CC2)c(C)c1. The van der Waals surface area contributed by atoms with Crippen LogP contribution in [0.5, 0.6) is 0 Å². The van der Waals surface area contributed by atoms with Crippen LogP contribution in [0, 0.1) is 13.8 Å². The van der Waals surface area contributed by atoms with Crippen LogP contribution >= 0.6 is 0 Å². The lowest BCUT2D eigenvalue weighted by molar-refractivity contribution is -0.144. The van der Waals surface area contributed by atoms with Crippen LogP contribution in [-0.4, -0.2) is 34.2 Å². The maximum absolute atomic E-state index is 11.6. The number of aliphatic carboxylic acids is 1. The van der Waals surface area contributed by atoms with Gasteiger partial charge in [0.2, 0.25) is 5.91 Å². The molecule has 5 heteroatoms. The Hall–Kier alpha value is -2.17. The number of hydrogen-bond donors (Lipinski definition) is 1. The summed E-state index contributed by atoms with van der Waals surface area (Å²) >= 11 is 0. The number of rotatable bonds is 3. The molecule has 0 unspecified atom stereocenters. The molecule has 1 aromatic rings. The molecule has 1 aliphatic heterocycles. The number of aryl methyl sites for hydroxylation is 2. The highest BCUT2D eigenvalue weighted by atomic mass is 16.4. The van der Waals surface area contributed by atoms with Gasteiger partial charge in [0.05, 0.1) is 5.71 Å². The van der Waals surface area contributed by atoms with E-state index in [9.17, 15) is 9.59 Å². The van der Waals surface area contributed by atoms with E-state index in [1.54, 1.807) is 0 Å². The van der Waals surface area contributed by atoms with Crippen LogP contribution < -0.4 is 0 Å². The van der Waals surface area contributed by atoms with Crippen molar-refractivity contribution in [3.05, 3.63) is 34.9 Å². The van der Waals surface area contributed by atoms with Gasteiger partial charge in [-0.2, -0.15) is 5.10 Å². The highest BCUT2D eigenvalue weighted by Crippen LogP contribution is 2.19. The number of hydrazone groups is 1. The van der Waals surface area contributed by atoms with Crippen LogP contribution in [0.15, 0.2) is 23.3 Å². The molecule has 1 N–H and O–H groups in total. The molecule has 1 amide bonds. The van der Waals surface area contributed by atoms with Gasteiger partial charge in [0.25, 0.3) is 0 Å². The number of carbonyl (C=O) groups is 2. The lowest BCUT2D eigenvalue weighted by Crippen LogP contribution is -2.35. The third-order valence-corrected chi connectivity index (χ3v) is 3.08. The molecular weight excluding hydrogens is 244 g/mol. The molecule has 0 bridgehead atoms. The van der Waals surface area contributed by atoms with Crippen LogP contribution in [0.4, 0.5) is 0 Å². The third-order valence-electron chi connectivity index (χ3n) is 3.08. The first-order chi connectivity index (χ1) is 8.97. The van der Waals surface area contributed by atoms with Gasteiger partial charge in [0, 0.05) is 18.4 Å². The fraction of sp³-hybridized carbons (Fsp3) is 0.357. The van der Waals surface area contributed by atoms with Gasteiger partial charge in [-0.05, 0) is 19.4 Å². The standard InChI is InChI=1S/C14H16N2O3/c1-9-3-4-11(10(2)7-9)12-5-6-13(17)16(15-12)8-14(18)19/h3-4,7H,5-6,8H2,1-2H3,(H,18,19). The predicted octanol–water partition coefficient (Wildman–Crippen LogP) is 1.71. The summed E-state index contributed by atoms with van der Waals surface area (Å²) in [5, 5.41) is 14.0. The van der Waals surface area contributed by atoms with Gasteiger partial charge in [-0.25, -0.2) is 5.01 Å². The molecule has 2 rings (SSSR count). The fourth-order valence-corrected chi connectivity index (χ4v) is 2.18. The van der Waals surface area contributed by atoms with E-state index in [-0.39, 0.29) is 12.5 Å². The number of hydrogen-bond acceptors (Lipinski definition) is 3. The van der Waals surface area contributed by atoms with Gasteiger partial charge in [-0.3, -0.25) is 9.59 Å². The quantitative estimate of drug-likeness (QED) is 0.899. The zero-order valence-electron chi connectivity index (χ0n) is 11.0. The van der Waals surface area contributed by atoms with Crippen molar-refractivity contribution >= 4 is 17.6 Å². The van der Waals surface area contributed by atoms with E-state index < -0.39 is 5.97 Å². The summed E-state index contributed by atoms with van der Waals surface area (Å²) in [4.78, 5) is 22.3. The Labute approximate surface area is 111 Å². The lowest BCUT2D eigenvalue weighted by Gasteiger charge is -2.22. The van der Waals surface area contributed by atoms with Crippen molar-refractivity contribution in [2.24, 2.45) is 5.10 Å². The Bertz CT molecular complexity index is 564. The summed E-state index contributed by atoms with van der Waals surface area (Å²) in [5.41, 5.74) is 4.01. The van der Waals surface area contributed by atoms with Crippen molar-refractivity contribution in [1.29, 1.82) is 0 Å². The Balaban J connectivity index is 2.33. The number of nitrogens with zero attached hydrogens (tertiary/aromatic N) is 2. The van der Waals surface area contributed by atoms with Crippen molar-refractivity contribution in [1.82, 2.24) is 5.01 Å². The second-order valence-electron chi connectivity index (χ2n) is 4.71. The normalized spacial score (nSPS) is 15.4. The number of carboxylic acids is 1. The Morgan fingerprint density at radius 3 is 2.74 bits per heavy atom. The molecular formula is C14H16N2O3. The molecule has 0 radical (unpaired) electrons. The Morgan fingerprint density at radius 1 is 1.37 bits per heavy atom. The number of benzene rings is 1. The van der Waals surface area contributed by atoms with Gasteiger partial charge in [0.15, 0.2) is 0 Å². The summed E-state index contributed by atoms with van der Waals surface area (Å²) in [6.45, 7) is 3.62. The average Bonchev–Trinajstić information content (AvgIpc) is 2.32. The van der Waals surface area contributed by atoms with E-state index >= 15 is 0 Å². The van der Waals surface area contributed by atoms with Crippen molar-refractivity contribution in [3.63, 3.8) is 0 Å². The smallest absolute Gasteiger partial charge is 0.325 e. The number of carbonyl (C=O) groups excluding carboxylic acids is 1. The lowest BCUT2D eigenvalue weighted by atomic mass is 9.98. The first kappa shape index (κ1) is 13.3. The molecule has 1 aromatic carbocycles. The molecule has 1 heterocycles. The van der Waals surface area contributed by atoms with Crippen molar-refractivity contribution in [2.75, 3.05) is 6.54 Å². The molecule has 19 heavy (non-hydrogen) atoms. The van der Waals surface area contributed by atoms with Gasteiger partial charge >= 0.3 is 5.97 Å². The maximum atomic E-state index is 11.6. The minimum absolute atomic E-state index is 0.240. The molecule has 0 spiro atoms. The van der Waals surface area contributed by atoms with Crippen LogP contribution in [0.3, 0.4) is 0 Å². The van der Waals surface area contributed by atoms with Crippen LogP contribution in [0.25, 0.3) is 0 Å². The fourth-order valence-electron chi connectivity index (χ4n) is 2.18. The maximum Gasteiger partial charge on any atom is 0.325 e. The van der Waals surface area contributed by atoms with Crippen LogP contribution in [0.1, 0.15) is 29.5 Å². The molecule has 0 fully saturated rings. The first-order valence-electron chi connectivity index (χ1n) is 6.14. The number of amides is 1. The molecule has 5 nitrogen and oxygen atoms in total. The third kappa shape index (κ3) is 2.99. The van der Waals surface area contributed by atoms with Gasteiger partial charge in [-0.15, -0.1) is 0 Å². The Morgan fingerprint density at radius 2 is 2.11 bits per heavy atom. The molecule has 0 aromatic heterocycles. The highest BCUT2D eigenvalue weighted by Gasteiger charge is 2.23. The van der Waals surface area contributed by atoms with Gasteiger partial charge < -0.3 is 5.11 Å². The molecule has 100 valence electrons. The largest absolute Gasteiger partial charge is 0.480 e. The zero-order chi connectivity index (χ0) is 14.0. The monoisotopic (exact) mass is 260 g/mol. The second kappa shape index (κ2) is 5.22. The summed E-state index contributed by atoms with van der Waals surface area (Å²) < 4.78 is 0. The molecule has 0 saturated heterocycles. The topological polar surface area (TPSA) is 70.0 Å². The minimum Gasteiger partial charge on any atom is -0.480 e. The van der Waals surface area contributed by atoms with Crippen molar-refractivity contribution in [3.8, 4) is 0 Å². The average molecular weight is 260 g/mol. The highest BCUT2D eigenvalue weighted by molar-refractivity contribution is 6.05. The molecule has 0 atom stereocenters. The van der Waals surface area contributed by atoms with Crippen molar-refractivity contribution < 1.29 is 14.7 Å². The zero-order valence-corrected chi connectivity index (χ0v) is 11.0. The number of carboxylic acid groups (broad SMARTS) is 1. The van der Waals surface area contributed by atoms with E-state index in [4.69, 9.17) is 5.11 Å². The minimum atomic E-state index is -1.06. The van der Waals surface area contributed by atoms with Gasteiger partial charge in [-0.1, -0.05) is 23.8 Å². The summed E-state index contributed by atoms with van der Waals surface area (Å²) in [6.07, 6.45) is 0.859. The summed E-state index contributed by atoms with van der Waals surface area (Å²) in [7, 11) is 0. The van der Waals surface area contributed by atoms with E-state index in [2.05, 4.69) is 11.2 Å². The van der Waals surface area contributed by atoms with Crippen LogP contribution in [0.2, 0.25) is 0 Å². The Kier molecular flexibility index (Phi) is 3.64. The van der Waals surface area contributed by atoms with E-state index in [0.29, 0.717) is 12.8 Å². The van der Waals surface area contributed by atoms with Crippen LogP contribution in [-0.2, 0) is 9.59 Å². The first-order valence-corrected chi connectivity index (χ1v) is 6.14. The van der Waals surface area contributed by atoms with E-state index in [1.807, 2.05) is 26.0 Å². The van der Waals surface area contributed by atoms with Crippen molar-refractivity contribution in [2.45, 2.75) is 26.7 Å². The predicted molar refractivity (Wildman–Crippen MR) is 71.0 cm³/mol. The summed E-state index contributed by atoms with van der Waals surface area (Å²) in [6, 6.07) is 6.01. The second-order valence-corrected chi connectivity index (χ2v) is 4.71. The molecule has 1 aliphatic rings. The molecule has 0 saturated carbocycles. The van der Waals surface area contributed by atoms with E-state index in [1.165, 1.54) is 0 Å². The summed E-state index contributed by atoms with van der Waals surface area (Å²) in [5.74, 6) is -1.30. The van der Waals surface area contributed by atoms with E-state index in [0.717, 1.165) is 27.4 Å².